The molecule has 1 saturated heterocycles. The zero-order valence-corrected chi connectivity index (χ0v) is 20.8. The van der Waals surface area contributed by atoms with Crippen molar-refractivity contribution in [1.29, 1.82) is 0 Å². The number of hydrogen-bond donors (Lipinski definition) is 2. The standard InChI is InChI=1S/C27H31N3O4S/c1-20-12-14-21(15-13-20)25(30-16-5-6-17-30)19-28-27(31)22-8-7-9-23(18-22)35(32,33)29-24-10-3-4-11-26(24)34-2/h3-4,7-15,18,25,29H,5-6,16-17,19H2,1-2H3,(H,28,31). The van der Waals surface area contributed by atoms with Crippen LogP contribution in [0.25, 0.3) is 0 Å². The number of rotatable bonds is 9. The van der Waals surface area contributed by atoms with Gasteiger partial charge < -0.3 is 10.1 Å². The van der Waals surface area contributed by atoms with Crippen molar-refractivity contribution in [2.45, 2.75) is 30.7 Å². The molecule has 7 nitrogen and oxygen atoms in total. The van der Waals surface area contributed by atoms with Gasteiger partial charge in [-0.15, -0.1) is 0 Å². The van der Waals surface area contributed by atoms with Crippen molar-refractivity contribution in [1.82, 2.24) is 10.2 Å². The monoisotopic (exact) mass is 493 g/mol. The third kappa shape index (κ3) is 6.01. The average Bonchev–Trinajstić information content (AvgIpc) is 3.40. The van der Waals surface area contributed by atoms with Crippen LogP contribution in [0.1, 0.15) is 40.4 Å². The number of ether oxygens (including phenoxy) is 1. The van der Waals surface area contributed by atoms with Crippen LogP contribution in [0.5, 0.6) is 5.75 Å². The second-order valence-electron chi connectivity index (χ2n) is 8.71. The number of nitrogens with one attached hydrogen (secondary N) is 2. The number of benzene rings is 3. The van der Waals surface area contributed by atoms with Crippen molar-refractivity contribution < 1.29 is 17.9 Å². The molecule has 184 valence electrons. The summed E-state index contributed by atoms with van der Waals surface area (Å²) in [6, 6.07) is 21.3. The quantitative estimate of drug-likeness (QED) is 0.462. The summed E-state index contributed by atoms with van der Waals surface area (Å²) in [6.45, 7) is 4.49. The molecule has 1 atom stereocenters. The normalized spacial score (nSPS) is 14.9. The molecule has 0 saturated carbocycles. The predicted molar refractivity (Wildman–Crippen MR) is 137 cm³/mol. The molecule has 35 heavy (non-hydrogen) atoms. The Morgan fingerprint density at radius 2 is 1.71 bits per heavy atom. The molecule has 1 fully saturated rings. The van der Waals surface area contributed by atoms with E-state index in [4.69, 9.17) is 4.74 Å². The Hall–Kier alpha value is -3.36. The maximum Gasteiger partial charge on any atom is 0.262 e. The molecule has 0 radical (unpaired) electrons. The van der Waals surface area contributed by atoms with Crippen LogP contribution in [-0.4, -0.2) is 46.0 Å². The number of methoxy groups -OCH3 is 1. The van der Waals surface area contributed by atoms with Crippen LogP contribution in [-0.2, 0) is 10.0 Å². The van der Waals surface area contributed by atoms with Gasteiger partial charge in [0.2, 0.25) is 0 Å². The van der Waals surface area contributed by atoms with E-state index in [9.17, 15) is 13.2 Å². The summed E-state index contributed by atoms with van der Waals surface area (Å²) < 4.78 is 33.8. The van der Waals surface area contributed by atoms with Gasteiger partial charge in [-0.3, -0.25) is 14.4 Å². The summed E-state index contributed by atoms with van der Waals surface area (Å²) in [5, 5.41) is 3.02. The Labute approximate surface area is 207 Å². The Kier molecular flexibility index (Phi) is 7.73. The van der Waals surface area contributed by atoms with Crippen molar-refractivity contribution in [3.05, 3.63) is 89.5 Å². The summed E-state index contributed by atoms with van der Waals surface area (Å²) in [5.41, 5.74) is 2.97. The lowest BCUT2D eigenvalue weighted by molar-refractivity contribution is 0.0937. The smallest absolute Gasteiger partial charge is 0.262 e. The zero-order chi connectivity index (χ0) is 24.8. The van der Waals surface area contributed by atoms with Gasteiger partial charge in [0.05, 0.1) is 23.7 Å². The fourth-order valence-electron chi connectivity index (χ4n) is 4.33. The molecule has 1 amide bonds. The van der Waals surface area contributed by atoms with Crippen LogP contribution in [0.2, 0.25) is 0 Å². The minimum absolute atomic E-state index is 0.00526. The fourth-order valence-corrected chi connectivity index (χ4v) is 5.44. The first-order valence-corrected chi connectivity index (χ1v) is 13.2. The van der Waals surface area contributed by atoms with Crippen LogP contribution in [0.15, 0.2) is 77.7 Å². The maximum atomic E-state index is 13.0. The van der Waals surface area contributed by atoms with Gasteiger partial charge in [0.1, 0.15) is 5.75 Å². The fraction of sp³-hybridized carbons (Fsp3) is 0.296. The number of hydrogen-bond acceptors (Lipinski definition) is 5. The van der Waals surface area contributed by atoms with Gasteiger partial charge in [-0.2, -0.15) is 0 Å². The van der Waals surface area contributed by atoms with E-state index in [2.05, 4.69) is 46.1 Å². The Morgan fingerprint density at radius 3 is 2.43 bits per heavy atom. The molecule has 2 N–H and O–H groups in total. The molecule has 0 spiro atoms. The van der Waals surface area contributed by atoms with E-state index >= 15 is 0 Å². The lowest BCUT2D eigenvalue weighted by Crippen LogP contribution is -2.36. The number of para-hydroxylation sites is 2. The van der Waals surface area contributed by atoms with Crippen LogP contribution in [0.4, 0.5) is 5.69 Å². The number of nitrogens with zero attached hydrogens (tertiary/aromatic N) is 1. The predicted octanol–water partition coefficient (Wildman–Crippen LogP) is 4.37. The average molecular weight is 494 g/mol. The van der Waals surface area contributed by atoms with Crippen LogP contribution in [0.3, 0.4) is 0 Å². The second kappa shape index (κ2) is 10.9. The molecule has 0 aliphatic carbocycles. The molecule has 1 aliphatic rings. The van der Waals surface area contributed by atoms with Crippen LogP contribution in [0, 0.1) is 6.92 Å². The molecule has 3 aromatic carbocycles. The Morgan fingerprint density at radius 1 is 1.00 bits per heavy atom. The first-order valence-electron chi connectivity index (χ1n) is 11.7. The molecule has 0 bridgehead atoms. The highest BCUT2D eigenvalue weighted by atomic mass is 32.2. The number of anilines is 1. The van der Waals surface area contributed by atoms with Gasteiger partial charge in [0.15, 0.2) is 0 Å². The summed E-state index contributed by atoms with van der Waals surface area (Å²) >= 11 is 0. The first-order chi connectivity index (χ1) is 16.9. The molecule has 1 aliphatic heterocycles. The number of aryl methyl sites for hydroxylation is 1. The lowest BCUT2D eigenvalue weighted by Gasteiger charge is -2.28. The summed E-state index contributed by atoms with van der Waals surface area (Å²) in [6.07, 6.45) is 2.30. The topological polar surface area (TPSA) is 87.7 Å². The van der Waals surface area contributed by atoms with E-state index in [0.717, 1.165) is 31.5 Å². The number of amides is 1. The largest absolute Gasteiger partial charge is 0.495 e. The van der Waals surface area contributed by atoms with Gasteiger partial charge in [0.25, 0.3) is 15.9 Å². The van der Waals surface area contributed by atoms with Gasteiger partial charge >= 0.3 is 0 Å². The van der Waals surface area contributed by atoms with Crippen molar-refractivity contribution in [2.24, 2.45) is 0 Å². The molecule has 3 aromatic rings. The number of carbonyl (C=O) groups is 1. The van der Waals surface area contributed by atoms with Gasteiger partial charge in [-0.05, 0) is 68.8 Å². The molecule has 1 unspecified atom stereocenters. The number of likely N-dealkylation sites (tertiary alicyclic amines) is 1. The highest BCUT2D eigenvalue weighted by molar-refractivity contribution is 7.92. The van der Waals surface area contributed by atoms with Gasteiger partial charge in [0, 0.05) is 12.1 Å². The summed E-state index contributed by atoms with van der Waals surface area (Å²) in [4.78, 5) is 15.4. The van der Waals surface area contributed by atoms with E-state index < -0.39 is 10.0 Å². The van der Waals surface area contributed by atoms with E-state index in [1.807, 2.05) is 0 Å². The van der Waals surface area contributed by atoms with Gasteiger partial charge in [-0.25, -0.2) is 8.42 Å². The Balaban J connectivity index is 1.49. The highest BCUT2D eigenvalue weighted by Gasteiger charge is 2.24. The molecular formula is C27H31N3O4S. The molecular weight excluding hydrogens is 462 g/mol. The Bertz CT molecular complexity index is 1270. The van der Waals surface area contributed by atoms with E-state index in [-0.39, 0.29) is 22.4 Å². The number of carbonyl (C=O) groups excluding carboxylic acids is 1. The second-order valence-corrected chi connectivity index (χ2v) is 10.4. The van der Waals surface area contributed by atoms with E-state index in [1.54, 1.807) is 36.4 Å². The third-order valence-corrected chi connectivity index (χ3v) is 7.62. The maximum absolute atomic E-state index is 13.0. The van der Waals surface area contributed by atoms with E-state index in [1.165, 1.54) is 24.8 Å². The minimum atomic E-state index is -3.91. The van der Waals surface area contributed by atoms with Crippen LogP contribution < -0.4 is 14.8 Å². The van der Waals surface area contributed by atoms with Crippen molar-refractivity contribution in [3.63, 3.8) is 0 Å². The molecule has 4 rings (SSSR count). The summed E-state index contributed by atoms with van der Waals surface area (Å²) in [5.74, 6) is 0.102. The minimum Gasteiger partial charge on any atom is -0.495 e. The van der Waals surface area contributed by atoms with Crippen molar-refractivity contribution in [3.8, 4) is 5.75 Å². The molecule has 8 heteroatoms. The van der Waals surface area contributed by atoms with E-state index in [0.29, 0.717) is 18.0 Å². The SMILES string of the molecule is COc1ccccc1NS(=O)(=O)c1cccc(C(=O)NCC(c2ccc(C)cc2)N2CCCC2)c1. The number of sulfonamides is 1. The molecule has 1 heterocycles. The highest BCUT2D eigenvalue weighted by Crippen LogP contribution is 2.27. The van der Waals surface area contributed by atoms with Gasteiger partial charge in [-0.1, -0.05) is 48.0 Å². The zero-order valence-electron chi connectivity index (χ0n) is 20.0. The van der Waals surface area contributed by atoms with Crippen LogP contribution >= 0.6 is 0 Å². The lowest BCUT2D eigenvalue weighted by atomic mass is 10.0. The van der Waals surface area contributed by atoms with Crippen molar-refractivity contribution in [2.75, 3.05) is 31.5 Å². The first kappa shape index (κ1) is 24.8. The van der Waals surface area contributed by atoms with Crippen molar-refractivity contribution >= 4 is 21.6 Å². The summed E-state index contributed by atoms with van der Waals surface area (Å²) in [7, 11) is -2.44. The third-order valence-electron chi connectivity index (χ3n) is 6.26. The molecule has 0 aromatic heterocycles.